The standard InChI is InChI=1S/C14H22N4O3/c1-5-6-10-14(20)18(7-11-15-9(4)21-17-11)12(8(2)3)13(19)16-10/h8,10,12H,5-7H2,1-4H3,(H,16,19). The number of carbonyl (C=O) groups excluding carboxylic acids is 2. The van der Waals surface area contributed by atoms with Crippen LogP contribution in [0.2, 0.25) is 0 Å². The fourth-order valence-corrected chi connectivity index (χ4v) is 2.68. The number of carbonyl (C=O) groups is 2. The molecule has 0 spiro atoms. The number of hydrogen-bond donors (Lipinski definition) is 1. The Morgan fingerprint density at radius 2 is 2.10 bits per heavy atom. The molecule has 2 unspecified atom stereocenters. The molecule has 1 aromatic heterocycles. The van der Waals surface area contributed by atoms with Crippen molar-refractivity contribution in [1.82, 2.24) is 20.4 Å². The third-order valence-corrected chi connectivity index (χ3v) is 3.59. The first kappa shape index (κ1) is 15.5. The molecule has 1 aliphatic rings. The number of nitrogens with zero attached hydrogens (tertiary/aromatic N) is 3. The smallest absolute Gasteiger partial charge is 0.246 e. The molecule has 1 aliphatic heterocycles. The van der Waals surface area contributed by atoms with Gasteiger partial charge in [0.25, 0.3) is 0 Å². The Balaban J connectivity index is 2.25. The number of aryl methyl sites for hydroxylation is 1. The highest BCUT2D eigenvalue weighted by atomic mass is 16.5. The highest BCUT2D eigenvalue weighted by molar-refractivity contribution is 5.97. The largest absolute Gasteiger partial charge is 0.342 e. The van der Waals surface area contributed by atoms with Gasteiger partial charge in [0.1, 0.15) is 12.1 Å². The molecule has 1 saturated heterocycles. The first-order chi connectivity index (χ1) is 9.93. The molecular formula is C14H22N4O3. The number of hydrogen-bond acceptors (Lipinski definition) is 5. The Kier molecular flexibility index (Phi) is 4.59. The van der Waals surface area contributed by atoms with Crippen molar-refractivity contribution < 1.29 is 14.1 Å². The Hall–Kier alpha value is -1.92. The lowest BCUT2D eigenvalue weighted by atomic mass is 9.95. The molecule has 1 aromatic rings. The van der Waals surface area contributed by atoms with Gasteiger partial charge in [-0.25, -0.2) is 0 Å². The Morgan fingerprint density at radius 3 is 2.62 bits per heavy atom. The van der Waals surface area contributed by atoms with Gasteiger partial charge in [0.15, 0.2) is 5.82 Å². The number of amides is 2. The van der Waals surface area contributed by atoms with Gasteiger partial charge in [-0.15, -0.1) is 0 Å². The van der Waals surface area contributed by atoms with E-state index in [1.807, 2.05) is 20.8 Å². The van der Waals surface area contributed by atoms with E-state index in [2.05, 4.69) is 15.5 Å². The van der Waals surface area contributed by atoms with Crippen LogP contribution in [0.5, 0.6) is 0 Å². The van der Waals surface area contributed by atoms with Gasteiger partial charge in [-0.3, -0.25) is 9.59 Å². The van der Waals surface area contributed by atoms with E-state index >= 15 is 0 Å². The first-order valence-electron chi connectivity index (χ1n) is 7.34. The van der Waals surface area contributed by atoms with Crippen LogP contribution < -0.4 is 5.32 Å². The molecule has 1 N–H and O–H groups in total. The van der Waals surface area contributed by atoms with Gasteiger partial charge in [0.05, 0.1) is 6.54 Å². The molecule has 0 radical (unpaired) electrons. The highest BCUT2D eigenvalue weighted by Gasteiger charge is 2.41. The summed E-state index contributed by atoms with van der Waals surface area (Å²) in [5, 5.41) is 6.65. The fraction of sp³-hybridized carbons (Fsp3) is 0.714. The molecule has 2 heterocycles. The molecule has 0 bridgehead atoms. The molecule has 116 valence electrons. The lowest BCUT2D eigenvalue weighted by Gasteiger charge is -2.40. The van der Waals surface area contributed by atoms with Gasteiger partial charge in [-0.1, -0.05) is 32.3 Å². The van der Waals surface area contributed by atoms with E-state index in [0.29, 0.717) is 18.1 Å². The summed E-state index contributed by atoms with van der Waals surface area (Å²) in [5.41, 5.74) is 0. The van der Waals surface area contributed by atoms with E-state index in [1.165, 1.54) is 0 Å². The van der Waals surface area contributed by atoms with E-state index < -0.39 is 12.1 Å². The topological polar surface area (TPSA) is 88.3 Å². The maximum Gasteiger partial charge on any atom is 0.246 e. The third kappa shape index (κ3) is 3.22. The highest BCUT2D eigenvalue weighted by Crippen LogP contribution is 2.21. The second-order valence-corrected chi connectivity index (χ2v) is 5.73. The molecular weight excluding hydrogens is 272 g/mol. The molecule has 2 rings (SSSR count). The molecule has 1 fully saturated rings. The average Bonchev–Trinajstić information content (AvgIpc) is 2.80. The van der Waals surface area contributed by atoms with E-state index in [0.717, 1.165) is 6.42 Å². The van der Waals surface area contributed by atoms with Crippen molar-refractivity contribution >= 4 is 11.8 Å². The maximum atomic E-state index is 12.6. The van der Waals surface area contributed by atoms with Gasteiger partial charge in [-0.05, 0) is 12.3 Å². The Labute approximate surface area is 124 Å². The average molecular weight is 294 g/mol. The van der Waals surface area contributed by atoms with Crippen LogP contribution >= 0.6 is 0 Å². The van der Waals surface area contributed by atoms with Gasteiger partial charge in [0.2, 0.25) is 17.7 Å². The summed E-state index contributed by atoms with van der Waals surface area (Å²) in [6.45, 7) is 7.73. The van der Waals surface area contributed by atoms with Crippen molar-refractivity contribution in [1.29, 1.82) is 0 Å². The first-order valence-corrected chi connectivity index (χ1v) is 7.34. The molecule has 0 aromatic carbocycles. The summed E-state index contributed by atoms with van der Waals surface area (Å²) in [6, 6.07) is -0.949. The van der Waals surface area contributed by atoms with E-state index in [1.54, 1.807) is 11.8 Å². The zero-order valence-electron chi connectivity index (χ0n) is 12.9. The Morgan fingerprint density at radius 1 is 1.38 bits per heavy atom. The summed E-state index contributed by atoms with van der Waals surface area (Å²) in [7, 11) is 0. The molecule has 0 saturated carbocycles. The van der Waals surface area contributed by atoms with Crippen molar-refractivity contribution in [3.63, 3.8) is 0 Å². The second-order valence-electron chi connectivity index (χ2n) is 5.73. The van der Waals surface area contributed by atoms with E-state index in [-0.39, 0.29) is 24.3 Å². The van der Waals surface area contributed by atoms with Gasteiger partial charge < -0.3 is 14.7 Å². The van der Waals surface area contributed by atoms with Crippen molar-refractivity contribution in [3.05, 3.63) is 11.7 Å². The summed E-state index contributed by atoms with van der Waals surface area (Å²) in [5.74, 6) is 0.715. The monoisotopic (exact) mass is 294 g/mol. The summed E-state index contributed by atoms with van der Waals surface area (Å²) in [4.78, 5) is 30.6. The summed E-state index contributed by atoms with van der Waals surface area (Å²) >= 11 is 0. The van der Waals surface area contributed by atoms with Crippen molar-refractivity contribution in [2.24, 2.45) is 5.92 Å². The van der Waals surface area contributed by atoms with Crippen molar-refractivity contribution in [2.45, 2.75) is 59.2 Å². The predicted octanol–water partition coefficient (Wildman–Crippen LogP) is 1.03. The normalized spacial score (nSPS) is 22.8. The fourth-order valence-electron chi connectivity index (χ4n) is 2.68. The zero-order chi connectivity index (χ0) is 15.6. The second kappa shape index (κ2) is 6.24. The summed E-state index contributed by atoms with van der Waals surface area (Å²) in [6.07, 6.45) is 1.47. The molecule has 2 atom stereocenters. The maximum absolute atomic E-state index is 12.6. The van der Waals surface area contributed by atoms with Crippen LogP contribution in [0.4, 0.5) is 0 Å². The molecule has 21 heavy (non-hydrogen) atoms. The third-order valence-electron chi connectivity index (χ3n) is 3.59. The minimum atomic E-state index is -0.496. The number of rotatable bonds is 5. The minimum Gasteiger partial charge on any atom is -0.342 e. The molecule has 7 nitrogen and oxygen atoms in total. The number of piperazine rings is 1. The van der Waals surface area contributed by atoms with Crippen LogP contribution in [0.15, 0.2) is 4.52 Å². The lowest BCUT2D eigenvalue weighted by molar-refractivity contribution is -0.152. The minimum absolute atomic E-state index is 0.0181. The quantitative estimate of drug-likeness (QED) is 0.876. The van der Waals surface area contributed by atoms with Crippen LogP contribution in [0.1, 0.15) is 45.3 Å². The summed E-state index contributed by atoms with van der Waals surface area (Å²) < 4.78 is 4.94. The molecule has 0 aliphatic carbocycles. The van der Waals surface area contributed by atoms with E-state index in [9.17, 15) is 9.59 Å². The van der Waals surface area contributed by atoms with Crippen LogP contribution in [0.25, 0.3) is 0 Å². The molecule has 2 amide bonds. The van der Waals surface area contributed by atoms with Crippen molar-refractivity contribution in [2.75, 3.05) is 0 Å². The Bertz CT molecular complexity index is 526. The van der Waals surface area contributed by atoms with E-state index in [4.69, 9.17) is 4.52 Å². The number of nitrogens with one attached hydrogen (secondary N) is 1. The van der Waals surface area contributed by atoms with Crippen molar-refractivity contribution in [3.8, 4) is 0 Å². The van der Waals surface area contributed by atoms with Crippen LogP contribution in [-0.4, -0.2) is 38.9 Å². The van der Waals surface area contributed by atoms with Gasteiger partial charge in [0, 0.05) is 6.92 Å². The molecule has 7 heteroatoms. The van der Waals surface area contributed by atoms with Crippen LogP contribution in [-0.2, 0) is 16.1 Å². The zero-order valence-corrected chi connectivity index (χ0v) is 12.9. The number of aromatic nitrogens is 2. The van der Waals surface area contributed by atoms with Crippen LogP contribution in [0, 0.1) is 12.8 Å². The van der Waals surface area contributed by atoms with Gasteiger partial charge in [-0.2, -0.15) is 4.98 Å². The lowest BCUT2D eigenvalue weighted by Crippen LogP contribution is -2.64. The predicted molar refractivity (Wildman–Crippen MR) is 75.0 cm³/mol. The SMILES string of the molecule is CCCC1NC(=O)C(C(C)C)N(Cc2noc(C)n2)C1=O. The van der Waals surface area contributed by atoms with Crippen LogP contribution in [0.3, 0.4) is 0 Å². The van der Waals surface area contributed by atoms with Gasteiger partial charge >= 0.3 is 0 Å².